The Labute approximate surface area is 155 Å². The zero-order valence-electron chi connectivity index (χ0n) is 15.9. The van der Waals surface area contributed by atoms with Gasteiger partial charge in [0, 0.05) is 42.9 Å². The van der Waals surface area contributed by atoms with E-state index in [0.29, 0.717) is 18.2 Å². The number of nitrogens with one attached hydrogen (secondary N) is 2. The van der Waals surface area contributed by atoms with Gasteiger partial charge in [-0.05, 0) is 44.6 Å². The number of ketones is 1. The molecular weight excluding hydrogens is 326 g/mol. The molecule has 1 unspecified atom stereocenters. The molecule has 2 aliphatic carbocycles. The van der Waals surface area contributed by atoms with Crippen molar-refractivity contribution in [1.29, 1.82) is 0 Å². The van der Waals surface area contributed by atoms with Gasteiger partial charge in [0.25, 0.3) is 5.91 Å². The lowest BCUT2D eigenvalue weighted by atomic mass is 9.94. The van der Waals surface area contributed by atoms with E-state index in [1.54, 1.807) is 0 Å². The van der Waals surface area contributed by atoms with E-state index in [0.717, 1.165) is 49.2 Å². The minimum atomic E-state index is -0.0441. The minimum absolute atomic E-state index is 0.0441. The van der Waals surface area contributed by atoms with Crippen LogP contribution in [0.2, 0.25) is 0 Å². The van der Waals surface area contributed by atoms with Crippen LogP contribution in [-0.2, 0) is 6.42 Å². The normalized spacial score (nSPS) is 25.1. The fraction of sp³-hybridized carbons (Fsp3) is 0.714. The number of carbonyl (C=O) groups excluding carboxylic acids is 2. The van der Waals surface area contributed by atoms with Gasteiger partial charge in [-0.3, -0.25) is 14.5 Å². The standard InChI is InChI=1S/C21H31N3O2/c1-14-19-17(9-6-10-18(19)25)23-20(14)21(26)22-15-11-12-24(13-15)16-7-4-2-3-5-8-16/h15-16,23H,2-13H2,1H3,(H,22,26). The van der Waals surface area contributed by atoms with Crippen molar-refractivity contribution >= 4 is 11.7 Å². The minimum Gasteiger partial charge on any atom is -0.354 e. The Bertz CT molecular complexity index is 686. The largest absolute Gasteiger partial charge is 0.354 e. The molecule has 4 rings (SSSR count). The van der Waals surface area contributed by atoms with E-state index >= 15 is 0 Å². The summed E-state index contributed by atoms with van der Waals surface area (Å²) in [5.74, 6) is 0.136. The lowest BCUT2D eigenvalue weighted by Gasteiger charge is -2.26. The van der Waals surface area contributed by atoms with Gasteiger partial charge in [0.15, 0.2) is 5.78 Å². The third-order valence-electron chi connectivity index (χ3n) is 6.56. The van der Waals surface area contributed by atoms with Crippen LogP contribution in [0.5, 0.6) is 0 Å². The Morgan fingerprint density at radius 1 is 1.08 bits per heavy atom. The summed E-state index contributed by atoms with van der Waals surface area (Å²) in [5, 5.41) is 3.22. The smallest absolute Gasteiger partial charge is 0.268 e. The Hall–Kier alpha value is -1.62. The fourth-order valence-corrected chi connectivity index (χ4v) is 5.12. The second-order valence-corrected chi connectivity index (χ2v) is 8.35. The molecule has 2 N–H and O–H groups in total. The maximum Gasteiger partial charge on any atom is 0.268 e. The van der Waals surface area contributed by atoms with E-state index < -0.39 is 0 Å². The lowest BCUT2D eigenvalue weighted by molar-refractivity contribution is 0.0929. The van der Waals surface area contributed by atoms with Gasteiger partial charge in [-0.25, -0.2) is 0 Å². The molecule has 1 saturated carbocycles. The summed E-state index contributed by atoms with van der Waals surface area (Å²) in [6.45, 7) is 3.96. The zero-order valence-corrected chi connectivity index (χ0v) is 15.9. The van der Waals surface area contributed by atoms with Crippen molar-refractivity contribution in [2.24, 2.45) is 0 Å². The number of carbonyl (C=O) groups is 2. The Balaban J connectivity index is 1.39. The van der Waals surface area contributed by atoms with Gasteiger partial charge in [-0.1, -0.05) is 25.7 Å². The second-order valence-electron chi connectivity index (χ2n) is 8.35. The van der Waals surface area contributed by atoms with E-state index in [1.165, 1.54) is 38.5 Å². The highest BCUT2D eigenvalue weighted by Gasteiger charge is 2.31. The molecule has 0 aromatic carbocycles. The number of hydrogen-bond acceptors (Lipinski definition) is 3. The summed E-state index contributed by atoms with van der Waals surface area (Å²) in [5.41, 5.74) is 3.15. The van der Waals surface area contributed by atoms with Gasteiger partial charge >= 0.3 is 0 Å². The summed E-state index contributed by atoms with van der Waals surface area (Å²) >= 11 is 0. The lowest BCUT2D eigenvalue weighted by Crippen LogP contribution is -2.40. The molecule has 0 bridgehead atoms. The first-order valence-corrected chi connectivity index (χ1v) is 10.4. The first-order chi connectivity index (χ1) is 12.6. The van der Waals surface area contributed by atoms with Crippen molar-refractivity contribution in [3.63, 3.8) is 0 Å². The number of aromatic nitrogens is 1. The second kappa shape index (κ2) is 7.55. The van der Waals surface area contributed by atoms with Gasteiger partial charge in [-0.2, -0.15) is 0 Å². The summed E-state index contributed by atoms with van der Waals surface area (Å²) in [4.78, 5) is 30.8. The number of aryl methyl sites for hydroxylation is 1. The first-order valence-electron chi connectivity index (χ1n) is 10.4. The monoisotopic (exact) mass is 357 g/mol. The van der Waals surface area contributed by atoms with E-state index in [1.807, 2.05) is 6.92 Å². The maximum atomic E-state index is 12.8. The molecule has 2 heterocycles. The van der Waals surface area contributed by atoms with Crippen molar-refractivity contribution in [3.8, 4) is 0 Å². The van der Waals surface area contributed by atoms with Crippen molar-refractivity contribution in [2.45, 2.75) is 83.2 Å². The van der Waals surface area contributed by atoms with Gasteiger partial charge in [-0.15, -0.1) is 0 Å². The molecule has 3 aliphatic rings. The molecule has 1 aromatic rings. The fourth-order valence-electron chi connectivity index (χ4n) is 5.12. The van der Waals surface area contributed by atoms with Crippen molar-refractivity contribution < 1.29 is 9.59 Å². The SMILES string of the molecule is Cc1c(C(=O)NC2CCN(C3CCCCCC3)C2)[nH]c2c1C(=O)CCC2. The molecule has 5 nitrogen and oxygen atoms in total. The van der Waals surface area contributed by atoms with E-state index in [2.05, 4.69) is 15.2 Å². The van der Waals surface area contributed by atoms with E-state index in [9.17, 15) is 9.59 Å². The molecule has 2 fully saturated rings. The number of aromatic amines is 1. The number of Topliss-reactive ketones (excluding diaryl/α,β-unsaturated/α-hetero) is 1. The summed E-state index contributed by atoms with van der Waals surface area (Å²) in [6.07, 6.45) is 11.4. The molecule has 26 heavy (non-hydrogen) atoms. The number of likely N-dealkylation sites (tertiary alicyclic amines) is 1. The number of rotatable bonds is 3. The molecule has 5 heteroatoms. The molecule has 1 aliphatic heterocycles. The van der Waals surface area contributed by atoms with Crippen LogP contribution < -0.4 is 5.32 Å². The van der Waals surface area contributed by atoms with Gasteiger partial charge in [0.1, 0.15) is 5.69 Å². The Morgan fingerprint density at radius 3 is 2.58 bits per heavy atom. The average molecular weight is 357 g/mol. The third-order valence-corrected chi connectivity index (χ3v) is 6.56. The number of amides is 1. The van der Waals surface area contributed by atoms with Crippen LogP contribution in [0.25, 0.3) is 0 Å². The number of hydrogen-bond donors (Lipinski definition) is 2. The molecule has 142 valence electrons. The quantitative estimate of drug-likeness (QED) is 0.815. The van der Waals surface area contributed by atoms with Crippen molar-refractivity contribution in [1.82, 2.24) is 15.2 Å². The predicted molar refractivity (Wildman–Crippen MR) is 102 cm³/mol. The summed E-state index contributed by atoms with van der Waals surface area (Å²) in [7, 11) is 0. The van der Waals surface area contributed by atoms with Gasteiger partial charge in [0.2, 0.25) is 0 Å². The highest BCUT2D eigenvalue weighted by Crippen LogP contribution is 2.27. The maximum absolute atomic E-state index is 12.8. The topological polar surface area (TPSA) is 65.2 Å². The number of H-pyrrole nitrogens is 1. The predicted octanol–water partition coefficient (Wildman–Crippen LogP) is 3.37. The van der Waals surface area contributed by atoms with Crippen molar-refractivity contribution in [2.75, 3.05) is 13.1 Å². The molecule has 1 amide bonds. The highest BCUT2D eigenvalue weighted by atomic mass is 16.2. The molecule has 1 atom stereocenters. The van der Waals surface area contributed by atoms with Gasteiger partial charge < -0.3 is 10.3 Å². The molecule has 0 spiro atoms. The summed E-state index contributed by atoms with van der Waals surface area (Å²) < 4.78 is 0. The van der Waals surface area contributed by atoms with Crippen LogP contribution in [0.3, 0.4) is 0 Å². The Morgan fingerprint density at radius 2 is 1.85 bits per heavy atom. The molecule has 1 aromatic heterocycles. The van der Waals surface area contributed by atoms with Gasteiger partial charge in [0.05, 0.1) is 0 Å². The zero-order chi connectivity index (χ0) is 18.1. The molecule has 1 saturated heterocycles. The Kier molecular flexibility index (Phi) is 5.16. The van der Waals surface area contributed by atoms with Crippen LogP contribution >= 0.6 is 0 Å². The van der Waals surface area contributed by atoms with Crippen molar-refractivity contribution in [3.05, 3.63) is 22.5 Å². The van der Waals surface area contributed by atoms with E-state index in [4.69, 9.17) is 0 Å². The third kappa shape index (κ3) is 3.46. The highest BCUT2D eigenvalue weighted by molar-refractivity contribution is 6.04. The summed E-state index contributed by atoms with van der Waals surface area (Å²) in [6, 6.07) is 0.928. The first kappa shape index (κ1) is 17.8. The van der Waals surface area contributed by atoms with Crippen LogP contribution in [-0.4, -0.2) is 46.7 Å². The van der Waals surface area contributed by atoms with Crippen LogP contribution in [0.4, 0.5) is 0 Å². The average Bonchev–Trinajstić information content (AvgIpc) is 3.11. The van der Waals surface area contributed by atoms with E-state index in [-0.39, 0.29) is 17.7 Å². The van der Waals surface area contributed by atoms with Crippen LogP contribution in [0.1, 0.15) is 89.9 Å². The molecular formula is C21H31N3O2. The number of nitrogens with zero attached hydrogens (tertiary/aromatic N) is 1. The molecule has 0 radical (unpaired) electrons. The number of fused-ring (bicyclic) bond motifs is 1. The van der Waals surface area contributed by atoms with Crippen LogP contribution in [0, 0.1) is 6.92 Å². The van der Waals surface area contributed by atoms with Crippen LogP contribution in [0.15, 0.2) is 0 Å².